The number of aromatic nitrogens is 3. The molecule has 0 bridgehead atoms. The number of benzene rings is 2. The molecule has 6 nitrogen and oxygen atoms in total. The summed E-state index contributed by atoms with van der Waals surface area (Å²) in [6.45, 7) is 7.00. The Morgan fingerprint density at radius 3 is 2.53 bits per heavy atom. The number of hydrogen-bond donors (Lipinski definition) is 1. The fourth-order valence-corrected chi connectivity index (χ4v) is 4.29. The van der Waals surface area contributed by atoms with Crippen LogP contribution in [0.1, 0.15) is 55.5 Å². The molecule has 168 valence electrons. The maximum atomic E-state index is 13.3. The van der Waals surface area contributed by atoms with Crippen molar-refractivity contribution in [3.8, 4) is 0 Å². The van der Waals surface area contributed by atoms with Gasteiger partial charge in [0, 0.05) is 11.6 Å². The van der Waals surface area contributed by atoms with Gasteiger partial charge >= 0.3 is 6.03 Å². The summed E-state index contributed by atoms with van der Waals surface area (Å²) in [7, 11) is 0. The van der Waals surface area contributed by atoms with Gasteiger partial charge in [-0.05, 0) is 69.0 Å². The highest BCUT2D eigenvalue weighted by molar-refractivity contribution is 6.30. The van der Waals surface area contributed by atoms with Crippen molar-refractivity contribution in [3.05, 3.63) is 82.1 Å². The second-order valence-electron chi connectivity index (χ2n) is 8.73. The standard InChI is InChI=1S/C24H27ClFN5O/c1-16-28-29-22(31(16)15-17-6-10-19(25)11-7-17)21-5-4-14-30(21)23(32)27-24(2,3)18-8-12-20(26)13-9-18/h6-13,21H,4-5,14-15H2,1-3H3,(H,27,32)/t21-/m1/s1. The first-order valence-corrected chi connectivity index (χ1v) is 11.1. The van der Waals surface area contributed by atoms with E-state index in [0.29, 0.717) is 18.1 Å². The number of amides is 2. The number of halogens is 2. The average molecular weight is 456 g/mol. The summed E-state index contributed by atoms with van der Waals surface area (Å²) in [6.07, 6.45) is 1.71. The minimum absolute atomic E-state index is 0.160. The summed E-state index contributed by atoms with van der Waals surface area (Å²) >= 11 is 6.02. The molecule has 0 saturated carbocycles. The third-order valence-corrected chi connectivity index (χ3v) is 6.27. The molecule has 1 aliphatic rings. The molecule has 4 rings (SSSR count). The van der Waals surface area contributed by atoms with Crippen molar-refractivity contribution in [3.63, 3.8) is 0 Å². The number of nitrogens with zero attached hydrogens (tertiary/aromatic N) is 4. The average Bonchev–Trinajstić information content (AvgIpc) is 3.37. The van der Waals surface area contributed by atoms with E-state index >= 15 is 0 Å². The van der Waals surface area contributed by atoms with Crippen LogP contribution < -0.4 is 5.32 Å². The first-order chi connectivity index (χ1) is 15.2. The lowest BCUT2D eigenvalue weighted by Crippen LogP contribution is -2.48. The van der Waals surface area contributed by atoms with Gasteiger partial charge in [0.1, 0.15) is 11.6 Å². The first-order valence-electron chi connectivity index (χ1n) is 10.7. The van der Waals surface area contributed by atoms with Crippen LogP contribution in [-0.2, 0) is 12.1 Å². The van der Waals surface area contributed by atoms with Gasteiger partial charge in [0.15, 0.2) is 5.82 Å². The Morgan fingerprint density at radius 2 is 1.84 bits per heavy atom. The van der Waals surface area contributed by atoms with Crippen LogP contribution in [0.4, 0.5) is 9.18 Å². The molecule has 0 radical (unpaired) electrons. The number of hydrogen-bond acceptors (Lipinski definition) is 3. The van der Waals surface area contributed by atoms with Crippen molar-refractivity contribution in [1.29, 1.82) is 0 Å². The van der Waals surface area contributed by atoms with E-state index < -0.39 is 5.54 Å². The molecule has 0 spiro atoms. The normalized spacial score (nSPS) is 16.4. The molecule has 0 unspecified atom stereocenters. The number of rotatable bonds is 5. The molecule has 1 aromatic heterocycles. The highest BCUT2D eigenvalue weighted by Gasteiger charge is 2.36. The third-order valence-electron chi connectivity index (χ3n) is 6.02. The van der Waals surface area contributed by atoms with E-state index in [1.165, 1.54) is 12.1 Å². The lowest BCUT2D eigenvalue weighted by atomic mass is 9.94. The zero-order chi connectivity index (χ0) is 22.9. The van der Waals surface area contributed by atoms with Crippen LogP contribution in [0.5, 0.6) is 0 Å². The van der Waals surface area contributed by atoms with Gasteiger partial charge in [-0.25, -0.2) is 9.18 Å². The molecule has 1 aliphatic heterocycles. The molecular weight excluding hydrogens is 429 g/mol. The van der Waals surface area contributed by atoms with Crippen LogP contribution in [0.25, 0.3) is 0 Å². The van der Waals surface area contributed by atoms with Crippen LogP contribution >= 0.6 is 11.6 Å². The lowest BCUT2D eigenvalue weighted by molar-refractivity contribution is 0.179. The fourth-order valence-electron chi connectivity index (χ4n) is 4.17. The number of urea groups is 1. The van der Waals surface area contributed by atoms with Gasteiger partial charge in [-0.1, -0.05) is 35.9 Å². The molecule has 2 aromatic carbocycles. The molecule has 1 N–H and O–H groups in total. The Morgan fingerprint density at radius 1 is 1.16 bits per heavy atom. The molecule has 1 atom stereocenters. The van der Waals surface area contributed by atoms with Gasteiger partial charge in [0.2, 0.25) is 0 Å². The summed E-state index contributed by atoms with van der Waals surface area (Å²) < 4.78 is 15.4. The monoisotopic (exact) mass is 455 g/mol. The number of carbonyl (C=O) groups is 1. The maximum Gasteiger partial charge on any atom is 0.318 e. The topological polar surface area (TPSA) is 63.1 Å². The van der Waals surface area contributed by atoms with Gasteiger partial charge in [0.25, 0.3) is 0 Å². The predicted molar refractivity (Wildman–Crippen MR) is 122 cm³/mol. The van der Waals surface area contributed by atoms with Crippen molar-refractivity contribution >= 4 is 17.6 Å². The number of carbonyl (C=O) groups excluding carboxylic acids is 1. The van der Waals surface area contributed by atoms with Crippen molar-refractivity contribution in [2.24, 2.45) is 0 Å². The molecule has 2 heterocycles. The number of nitrogens with one attached hydrogen (secondary N) is 1. The first kappa shape index (κ1) is 22.3. The van der Waals surface area contributed by atoms with Crippen molar-refractivity contribution in [1.82, 2.24) is 25.0 Å². The largest absolute Gasteiger partial charge is 0.329 e. The lowest BCUT2D eigenvalue weighted by Gasteiger charge is -2.32. The Balaban J connectivity index is 1.54. The van der Waals surface area contributed by atoms with Gasteiger partial charge in [0.05, 0.1) is 18.1 Å². The molecular formula is C24H27ClFN5O. The Bertz CT molecular complexity index is 1090. The predicted octanol–water partition coefficient (Wildman–Crippen LogP) is 5.21. The van der Waals surface area contributed by atoms with E-state index in [1.54, 1.807) is 12.1 Å². The van der Waals surface area contributed by atoms with E-state index in [2.05, 4.69) is 20.1 Å². The third kappa shape index (κ3) is 4.63. The second-order valence-corrected chi connectivity index (χ2v) is 9.17. The molecule has 8 heteroatoms. The van der Waals surface area contributed by atoms with Crippen LogP contribution in [-0.4, -0.2) is 32.2 Å². The van der Waals surface area contributed by atoms with Crippen molar-refractivity contribution in [2.75, 3.05) is 6.54 Å². The molecule has 3 aromatic rings. The maximum absolute atomic E-state index is 13.3. The van der Waals surface area contributed by atoms with E-state index in [1.807, 2.05) is 49.9 Å². The van der Waals surface area contributed by atoms with Crippen molar-refractivity contribution in [2.45, 2.75) is 51.7 Å². The van der Waals surface area contributed by atoms with E-state index in [9.17, 15) is 9.18 Å². The summed E-state index contributed by atoms with van der Waals surface area (Å²) in [4.78, 5) is 15.1. The van der Waals surface area contributed by atoms with Crippen molar-refractivity contribution < 1.29 is 9.18 Å². The summed E-state index contributed by atoms with van der Waals surface area (Å²) in [5.41, 5.74) is 1.28. The van der Waals surface area contributed by atoms with Crippen LogP contribution in [0.15, 0.2) is 48.5 Å². The van der Waals surface area contributed by atoms with E-state index in [4.69, 9.17) is 11.6 Å². The summed E-state index contributed by atoms with van der Waals surface area (Å²) in [5, 5.41) is 12.5. The minimum Gasteiger partial charge on any atom is -0.329 e. The Labute approximate surface area is 192 Å². The molecule has 1 saturated heterocycles. The number of aryl methyl sites for hydroxylation is 1. The van der Waals surface area contributed by atoms with Crippen LogP contribution in [0.3, 0.4) is 0 Å². The second kappa shape index (κ2) is 8.90. The Kier molecular flexibility index (Phi) is 6.20. The molecule has 1 fully saturated rings. The van der Waals surface area contributed by atoms with Crippen LogP contribution in [0.2, 0.25) is 5.02 Å². The molecule has 0 aliphatic carbocycles. The van der Waals surface area contributed by atoms with Crippen LogP contribution in [0, 0.1) is 12.7 Å². The Hall–Kier alpha value is -2.93. The highest BCUT2D eigenvalue weighted by atomic mass is 35.5. The highest BCUT2D eigenvalue weighted by Crippen LogP contribution is 2.32. The van der Waals surface area contributed by atoms with E-state index in [0.717, 1.165) is 35.6 Å². The molecule has 2 amide bonds. The quantitative estimate of drug-likeness (QED) is 0.574. The van der Waals surface area contributed by atoms with Gasteiger partial charge in [-0.15, -0.1) is 10.2 Å². The summed E-state index contributed by atoms with van der Waals surface area (Å²) in [6, 6.07) is 13.6. The SMILES string of the molecule is Cc1nnc([C@H]2CCCN2C(=O)NC(C)(C)c2ccc(F)cc2)n1Cc1ccc(Cl)cc1. The fraction of sp³-hybridized carbons (Fsp3) is 0.375. The summed E-state index contributed by atoms with van der Waals surface area (Å²) in [5.74, 6) is 1.28. The van der Waals surface area contributed by atoms with E-state index in [-0.39, 0.29) is 17.9 Å². The number of likely N-dealkylation sites (tertiary alicyclic amines) is 1. The minimum atomic E-state index is -0.648. The van der Waals surface area contributed by atoms with Gasteiger partial charge in [-0.3, -0.25) is 0 Å². The molecule has 32 heavy (non-hydrogen) atoms. The zero-order valence-electron chi connectivity index (χ0n) is 18.5. The zero-order valence-corrected chi connectivity index (χ0v) is 19.2. The smallest absolute Gasteiger partial charge is 0.318 e. The van der Waals surface area contributed by atoms with Gasteiger partial charge in [-0.2, -0.15) is 0 Å². The van der Waals surface area contributed by atoms with Gasteiger partial charge < -0.3 is 14.8 Å².